The summed E-state index contributed by atoms with van der Waals surface area (Å²) in [6.07, 6.45) is 3.84. The Kier molecular flexibility index (Phi) is 7.28. The number of hydrogen-bond acceptors (Lipinski definition) is 7. The Hall–Kier alpha value is -0.990. The standard InChI is InChI=1S/C18H25Cl2N4O2S/c1-14-23(20)17-13-21(2)27-22(18(17)24(14)25)11-5-3-4-6-12-26-16-9-7-15(19)8-10-16/h7-10,14H,3-6,11-13H2,1-2H3/q-1. The van der Waals surface area contributed by atoms with Crippen LogP contribution in [-0.4, -0.2) is 51.0 Å². The molecule has 0 aromatic heterocycles. The Balaban J connectivity index is 1.38. The van der Waals surface area contributed by atoms with Gasteiger partial charge in [-0.1, -0.05) is 24.4 Å². The molecule has 1 atom stereocenters. The van der Waals surface area contributed by atoms with Crippen molar-refractivity contribution in [2.24, 2.45) is 0 Å². The molecule has 1 aromatic carbocycles. The van der Waals surface area contributed by atoms with Gasteiger partial charge in [0.1, 0.15) is 17.7 Å². The molecule has 2 heterocycles. The maximum absolute atomic E-state index is 12.4. The van der Waals surface area contributed by atoms with E-state index in [9.17, 15) is 5.21 Å². The smallest absolute Gasteiger partial charge is 0.128 e. The first-order valence-electron chi connectivity index (χ1n) is 9.17. The first kappa shape index (κ1) is 20.7. The van der Waals surface area contributed by atoms with Gasteiger partial charge in [-0.3, -0.25) is 8.72 Å². The van der Waals surface area contributed by atoms with Gasteiger partial charge < -0.3 is 15.0 Å². The van der Waals surface area contributed by atoms with Gasteiger partial charge in [-0.15, -0.1) is 0 Å². The lowest BCUT2D eigenvalue weighted by molar-refractivity contribution is 0.260. The second-order valence-corrected chi connectivity index (χ2v) is 8.75. The Morgan fingerprint density at radius 3 is 2.63 bits per heavy atom. The van der Waals surface area contributed by atoms with Crippen LogP contribution in [0.3, 0.4) is 0 Å². The average molecular weight is 432 g/mol. The van der Waals surface area contributed by atoms with Crippen LogP contribution in [0.1, 0.15) is 32.6 Å². The van der Waals surface area contributed by atoms with Gasteiger partial charge in [-0.25, -0.2) is 4.31 Å². The highest BCUT2D eigenvalue weighted by molar-refractivity contribution is 7.94. The monoisotopic (exact) mass is 431 g/mol. The van der Waals surface area contributed by atoms with E-state index in [0.29, 0.717) is 24.0 Å². The van der Waals surface area contributed by atoms with E-state index in [4.69, 9.17) is 28.1 Å². The van der Waals surface area contributed by atoms with Gasteiger partial charge >= 0.3 is 0 Å². The Morgan fingerprint density at radius 1 is 1.19 bits per heavy atom. The quantitative estimate of drug-likeness (QED) is 0.330. The summed E-state index contributed by atoms with van der Waals surface area (Å²) in [4.78, 5) is 0. The van der Waals surface area contributed by atoms with Crippen molar-refractivity contribution in [1.29, 1.82) is 0 Å². The summed E-state index contributed by atoms with van der Waals surface area (Å²) in [7, 11) is 2.01. The van der Waals surface area contributed by atoms with Crippen LogP contribution in [0.2, 0.25) is 5.02 Å². The summed E-state index contributed by atoms with van der Waals surface area (Å²) in [5.41, 5.74) is 0.886. The molecule has 0 bridgehead atoms. The second-order valence-electron chi connectivity index (χ2n) is 6.73. The van der Waals surface area contributed by atoms with Crippen molar-refractivity contribution in [3.05, 3.63) is 46.0 Å². The molecule has 0 saturated heterocycles. The van der Waals surface area contributed by atoms with E-state index in [2.05, 4.69) is 8.61 Å². The molecular formula is C18H25Cl2N4O2S-. The molecule has 0 aliphatic carbocycles. The zero-order valence-electron chi connectivity index (χ0n) is 15.6. The molecule has 0 spiro atoms. The van der Waals surface area contributed by atoms with Crippen LogP contribution < -0.4 is 4.74 Å². The normalized spacial score (nSPS) is 20.5. The molecule has 0 N–H and O–H groups in total. The fraction of sp³-hybridized carbons (Fsp3) is 0.556. The lowest BCUT2D eigenvalue weighted by Crippen LogP contribution is -2.35. The SMILES string of the molecule is CC1N([O-])C2=C(CN(C)SN2CCCCCCOc2ccc(Cl)cc2)N1Cl. The number of nitrogens with zero attached hydrogens (tertiary/aromatic N) is 4. The minimum absolute atomic E-state index is 0.365. The zero-order valence-corrected chi connectivity index (χ0v) is 17.9. The molecular weight excluding hydrogens is 407 g/mol. The van der Waals surface area contributed by atoms with E-state index in [0.717, 1.165) is 48.7 Å². The third kappa shape index (κ3) is 5.09. The number of hydroxylamine groups is 2. The van der Waals surface area contributed by atoms with Crippen molar-refractivity contribution >= 4 is 35.5 Å². The van der Waals surface area contributed by atoms with Gasteiger partial charge in [0.25, 0.3) is 0 Å². The van der Waals surface area contributed by atoms with Gasteiger partial charge in [-0.2, -0.15) is 0 Å². The van der Waals surface area contributed by atoms with Crippen LogP contribution in [0.5, 0.6) is 5.75 Å². The second kappa shape index (κ2) is 9.47. The van der Waals surface area contributed by atoms with Crippen molar-refractivity contribution in [2.75, 3.05) is 26.7 Å². The minimum atomic E-state index is -0.365. The third-order valence-electron chi connectivity index (χ3n) is 4.58. The molecule has 27 heavy (non-hydrogen) atoms. The van der Waals surface area contributed by atoms with Crippen molar-refractivity contribution in [1.82, 2.24) is 18.1 Å². The number of halogens is 2. The number of unbranched alkanes of at least 4 members (excludes halogenated alkanes) is 3. The molecule has 6 nitrogen and oxygen atoms in total. The van der Waals surface area contributed by atoms with Crippen LogP contribution >= 0.6 is 35.5 Å². The summed E-state index contributed by atoms with van der Waals surface area (Å²) >= 11 is 13.7. The molecule has 1 aromatic rings. The maximum Gasteiger partial charge on any atom is 0.128 e. The van der Waals surface area contributed by atoms with Crippen LogP contribution in [0.15, 0.2) is 35.8 Å². The molecule has 150 valence electrons. The molecule has 0 amide bonds. The summed E-state index contributed by atoms with van der Waals surface area (Å²) in [5, 5.41) is 14.2. The Labute approximate surface area is 175 Å². The molecule has 0 saturated carbocycles. The fourth-order valence-corrected chi connectivity index (χ4v) is 4.46. The van der Waals surface area contributed by atoms with Gasteiger partial charge in [0.05, 0.1) is 18.8 Å². The van der Waals surface area contributed by atoms with E-state index in [1.807, 2.05) is 38.2 Å². The Bertz CT molecular complexity index is 661. The zero-order chi connectivity index (χ0) is 19.4. The van der Waals surface area contributed by atoms with Crippen LogP contribution in [0.4, 0.5) is 0 Å². The lowest BCUT2D eigenvalue weighted by Gasteiger charge is -2.40. The summed E-state index contributed by atoms with van der Waals surface area (Å²) in [6, 6.07) is 7.43. The predicted molar refractivity (Wildman–Crippen MR) is 112 cm³/mol. The molecule has 3 rings (SSSR count). The summed E-state index contributed by atoms with van der Waals surface area (Å²) in [5.74, 6) is 1.55. The van der Waals surface area contributed by atoms with E-state index in [-0.39, 0.29) is 6.17 Å². The largest absolute Gasteiger partial charge is 0.756 e. The van der Waals surface area contributed by atoms with E-state index >= 15 is 0 Å². The van der Waals surface area contributed by atoms with Crippen LogP contribution in [0.25, 0.3) is 0 Å². The van der Waals surface area contributed by atoms with E-state index < -0.39 is 0 Å². The molecule has 9 heteroatoms. The van der Waals surface area contributed by atoms with Gasteiger partial charge in [-0.05, 0) is 51.1 Å². The topological polar surface area (TPSA) is 45.3 Å². The van der Waals surface area contributed by atoms with Crippen molar-refractivity contribution in [3.63, 3.8) is 0 Å². The summed E-state index contributed by atoms with van der Waals surface area (Å²) in [6.45, 7) is 4.01. The van der Waals surface area contributed by atoms with E-state index in [1.165, 1.54) is 0 Å². The molecule has 0 fully saturated rings. The fourth-order valence-electron chi connectivity index (χ4n) is 3.13. The molecule has 1 unspecified atom stereocenters. The molecule has 2 aliphatic rings. The molecule has 0 radical (unpaired) electrons. The first-order chi connectivity index (χ1) is 13.0. The van der Waals surface area contributed by atoms with Crippen LogP contribution in [-0.2, 0) is 0 Å². The van der Waals surface area contributed by atoms with E-state index in [1.54, 1.807) is 16.6 Å². The number of benzene rings is 1. The summed E-state index contributed by atoms with van der Waals surface area (Å²) < 4.78 is 11.4. The number of likely N-dealkylation sites (N-methyl/N-ethyl adjacent to an activating group) is 1. The molecule has 2 aliphatic heterocycles. The number of hydrogen-bond donors (Lipinski definition) is 0. The first-order valence-corrected chi connectivity index (χ1v) is 10.6. The number of rotatable bonds is 8. The maximum atomic E-state index is 12.4. The van der Waals surface area contributed by atoms with Crippen molar-refractivity contribution in [2.45, 2.75) is 38.8 Å². The minimum Gasteiger partial charge on any atom is -0.756 e. The average Bonchev–Trinajstić information content (AvgIpc) is 2.86. The van der Waals surface area contributed by atoms with Crippen molar-refractivity contribution in [3.8, 4) is 5.75 Å². The van der Waals surface area contributed by atoms with Gasteiger partial charge in [0.2, 0.25) is 0 Å². The van der Waals surface area contributed by atoms with Crippen LogP contribution in [0, 0.1) is 5.21 Å². The number of ether oxygens (including phenoxy) is 1. The van der Waals surface area contributed by atoms with Gasteiger partial charge in [0.15, 0.2) is 0 Å². The highest BCUT2D eigenvalue weighted by Crippen LogP contribution is 2.40. The van der Waals surface area contributed by atoms with Crippen molar-refractivity contribution < 1.29 is 4.74 Å². The lowest BCUT2D eigenvalue weighted by atomic mass is 10.2. The van der Waals surface area contributed by atoms with Gasteiger partial charge in [0, 0.05) is 35.5 Å². The predicted octanol–water partition coefficient (Wildman–Crippen LogP) is 4.87. The third-order valence-corrected chi connectivity index (χ3v) is 6.28. The highest BCUT2D eigenvalue weighted by Gasteiger charge is 2.37. The highest BCUT2D eigenvalue weighted by atomic mass is 35.5. The Morgan fingerprint density at radius 2 is 1.89 bits per heavy atom.